The Bertz CT molecular complexity index is 1220. The van der Waals surface area contributed by atoms with Gasteiger partial charge in [-0.15, -0.1) is 0 Å². The Morgan fingerprint density at radius 2 is 1.58 bits per heavy atom. The number of likely N-dealkylation sites (tertiary alicyclic amines) is 1. The van der Waals surface area contributed by atoms with Gasteiger partial charge in [-0.2, -0.15) is 0 Å². The van der Waals surface area contributed by atoms with Gasteiger partial charge in [0.1, 0.15) is 0 Å². The van der Waals surface area contributed by atoms with Crippen LogP contribution in [0.1, 0.15) is 37.0 Å². The van der Waals surface area contributed by atoms with Gasteiger partial charge in [-0.05, 0) is 30.4 Å². The number of hydrogen-bond donors (Lipinski definition) is 0. The predicted molar refractivity (Wildman–Crippen MR) is 123 cm³/mol. The van der Waals surface area contributed by atoms with E-state index in [1.807, 2.05) is 59.8 Å². The highest BCUT2D eigenvalue weighted by molar-refractivity contribution is 5.94. The normalized spacial score (nSPS) is 15.9. The maximum atomic E-state index is 12.9. The number of fused-ring (bicyclic) bond motifs is 1. The van der Waals surface area contributed by atoms with Crippen molar-refractivity contribution in [2.45, 2.75) is 26.7 Å². The minimum Gasteiger partial charge on any atom is -0.339 e. The third-order valence-electron chi connectivity index (χ3n) is 6.30. The molecule has 31 heavy (non-hydrogen) atoms. The highest BCUT2D eigenvalue weighted by atomic mass is 16.2. The van der Waals surface area contributed by atoms with Gasteiger partial charge in [0.25, 0.3) is 5.91 Å². The topological polar surface area (TPSA) is 50.5 Å². The molecule has 0 unspecified atom stereocenters. The summed E-state index contributed by atoms with van der Waals surface area (Å²) in [6.45, 7) is 6.21. The molecule has 1 aliphatic heterocycles. The fourth-order valence-electron chi connectivity index (χ4n) is 4.14. The molecule has 1 aliphatic rings. The summed E-state index contributed by atoms with van der Waals surface area (Å²) >= 11 is 0. The molecule has 0 bridgehead atoms. The summed E-state index contributed by atoms with van der Waals surface area (Å²) in [5.41, 5.74) is 5.83. The van der Waals surface area contributed by atoms with E-state index >= 15 is 0 Å². The van der Waals surface area contributed by atoms with Gasteiger partial charge in [-0.25, -0.2) is 4.98 Å². The molecule has 0 spiro atoms. The molecule has 3 heterocycles. The molecule has 5 heteroatoms. The number of nitrogens with zero attached hydrogens (tertiary/aromatic N) is 4. The highest BCUT2D eigenvalue weighted by Gasteiger charge is 2.28. The Morgan fingerprint density at radius 1 is 0.871 bits per heavy atom. The summed E-state index contributed by atoms with van der Waals surface area (Å²) in [6, 6.07) is 18.0. The van der Waals surface area contributed by atoms with E-state index in [2.05, 4.69) is 40.3 Å². The quantitative estimate of drug-likeness (QED) is 0.459. The van der Waals surface area contributed by atoms with E-state index < -0.39 is 0 Å². The first-order chi connectivity index (χ1) is 15.0. The Kier molecular flexibility index (Phi) is 4.81. The van der Waals surface area contributed by atoms with Crippen LogP contribution in [0.5, 0.6) is 0 Å². The Morgan fingerprint density at radius 3 is 2.29 bits per heavy atom. The lowest BCUT2D eigenvalue weighted by molar-refractivity contribution is 0.0630. The summed E-state index contributed by atoms with van der Waals surface area (Å²) in [6.07, 6.45) is 7.77. The highest BCUT2D eigenvalue weighted by Crippen LogP contribution is 2.30. The summed E-state index contributed by atoms with van der Waals surface area (Å²) in [5.74, 6) is 0.117. The van der Waals surface area contributed by atoms with Gasteiger partial charge in [0.2, 0.25) is 0 Å². The fraction of sp³-hybridized carbons (Fsp3) is 0.269. The van der Waals surface area contributed by atoms with E-state index in [0.29, 0.717) is 5.41 Å². The fourth-order valence-corrected chi connectivity index (χ4v) is 4.14. The van der Waals surface area contributed by atoms with Crippen LogP contribution in [0.4, 0.5) is 0 Å². The van der Waals surface area contributed by atoms with Crippen molar-refractivity contribution in [1.82, 2.24) is 19.3 Å². The molecule has 1 amide bonds. The molecule has 0 atom stereocenters. The molecule has 2 aromatic heterocycles. The first-order valence-corrected chi connectivity index (χ1v) is 10.8. The molecular formula is C26H26N4O. The zero-order valence-corrected chi connectivity index (χ0v) is 18.0. The monoisotopic (exact) mass is 410 g/mol. The largest absolute Gasteiger partial charge is 0.339 e. The van der Waals surface area contributed by atoms with Crippen molar-refractivity contribution in [3.63, 3.8) is 0 Å². The molecule has 2 aromatic carbocycles. The number of amides is 1. The number of carbonyl (C=O) groups excluding carboxylic acids is 1. The Labute approximate surface area is 182 Å². The lowest BCUT2D eigenvalue weighted by atomic mass is 9.82. The third kappa shape index (κ3) is 3.83. The van der Waals surface area contributed by atoms with Crippen LogP contribution in [0.15, 0.2) is 73.2 Å². The molecule has 1 fully saturated rings. The zero-order valence-electron chi connectivity index (χ0n) is 18.0. The van der Waals surface area contributed by atoms with Gasteiger partial charge < -0.3 is 4.90 Å². The maximum absolute atomic E-state index is 12.9. The van der Waals surface area contributed by atoms with Crippen LogP contribution in [0, 0.1) is 5.41 Å². The first-order valence-electron chi connectivity index (χ1n) is 10.8. The van der Waals surface area contributed by atoms with Gasteiger partial charge >= 0.3 is 0 Å². The van der Waals surface area contributed by atoms with Crippen molar-refractivity contribution in [2.24, 2.45) is 5.41 Å². The zero-order chi connectivity index (χ0) is 21.4. The minimum atomic E-state index is 0.117. The first kappa shape index (κ1) is 19.5. The second-order valence-electron chi connectivity index (χ2n) is 9.04. The van der Waals surface area contributed by atoms with Crippen molar-refractivity contribution < 1.29 is 4.79 Å². The molecule has 0 radical (unpaired) electrons. The van der Waals surface area contributed by atoms with Crippen LogP contribution in [-0.2, 0) is 0 Å². The van der Waals surface area contributed by atoms with Gasteiger partial charge in [0, 0.05) is 36.0 Å². The SMILES string of the molecule is CC1(C)CCN(C(=O)c2ccc(-c3cn4c(-c5ccccc5)cnc4cn3)cc2)CC1. The van der Waals surface area contributed by atoms with Crippen molar-refractivity contribution in [3.8, 4) is 22.5 Å². The minimum absolute atomic E-state index is 0.117. The van der Waals surface area contributed by atoms with Crippen LogP contribution >= 0.6 is 0 Å². The number of imidazole rings is 1. The molecular weight excluding hydrogens is 384 g/mol. The number of hydrogen-bond acceptors (Lipinski definition) is 3. The summed E-state index contributed by atoms with van der Waals surface area (Å²) in [5, 5.41) is 0. The number of carbonyl (C=O) groups is 1. The number of aromatic nitrogens is 3. The van der Waals surface area contributed by atoms with E-state index in [1.54, 1.807) is 6.20 Å². The summed E-state index contributed by atoms with van der Waals surface area (Å²) < 4.78 is 2.06. The van der Waals surface area contributed by atoms with Crippen molar-refractivity contribution >= 4 is 11.6 Å². The molecule has 156 valence electrons. The third-order valence-corrected chi connectivity index (χ3v) is 6.30. The molecule has 0 N–H and O–H groups in total. The van der Waals surface area contributed by atoms with Gasteiger partial charge in [0.15, 0.2) is 5.65 Å². The second-order valence-corrected chi connectivity index (χ2v) is 9.04. The summed E-state index contributed by atoms with van der Waals surface area (Å²) in [7, 11) is 0. The molecule has 5 rings (SSSR count). The van der Waals surface area contributed by atoms with Gasteiger partial charge in [0.05, 0.1) is 23.8 Å². The van der Waals surface area contributed by atoms with Crippen LogP contribution in [0.25, 0.3) is 28.2 Å². The van der Waals surface area contributed by atoms with Crippen LogP contribution in [0.2, 0.25) is 0 Å². The lowest BCUT2D eigenvalue weighted by Crippen LogP contribution is -2.41. The Balaban J connectivity index is 1.40. The van der Waals surface area contributed by atoms with Crippen molar-refractivity contribution in [2.75, 3.05) is 13.1 Å². The number of piperidine rings is 1. The lowest BCUT2D eigenvalue weighted by Gasteiger charge is -2.37. The van der Waals surface area contributed by atoms with Gasteiger partial charge in [-0.1, -0.05) is 56.3 Å². The second kappa shape index (κ2) is 7.65. The molecule has 4 aromatic rings. The van der Waals surface area contributed by atoms with E-state index in [1.165, 1.54) is 0 Å². The van der Waals surface area contributed by atoms with Crippen molar-refractivity contribution in [3.05, 3.63) is 78.8 Å². The van der Waals surface area contributed by atoms with E-state index in [9.17, 15) is 4.79 Å². The number of benzene rings is 2. The average molecular weight is 411 g/mol. The van der Waals surface area contributed by atoms with Crippen molar-refractivity contribution in [1.29, 1.82) is 0 Å². The maximum Gasteiger partial charge on any atom is 0.253 e. The predicted octanol–water partition coefficient (Wildman–Crippen LogP) is 5.33. The van der Waals surface area contributed by atoms with Crippen LogP contribution in [0.3, 0.4) is 0 Å². The summed E-state index contributed by atoms with van der Waals surface area (Å²) in [4.78, 5) is 23.9. The average Bonchev–Trinajstić information content (AvgIpc) is 3.23. The molecule has 0 aliphatic carbocycles. The molecule has 0 saturated carbocycles. The standard InChI is InChI=1S/C26H26N4O/c1-26(2)12-14-29(15-13-26)25(31)21-10-8-19(9-11-21)22-18-30-23(16-28-24(30)17-27-22)20-6-4-3-5-7-20/h3-11,16-18H,12-15H2,1-2H3. The van der Waals surface area contributed by atoms with E-state index in [0.717, 1.165) is 59.7 Å². The smallest absolute Gasteiger partial charge is 0.253 e. The molecule has 5 nitrogen and oxygen atoms in total. The van der Waals surface area contributed by atoms with E-state index in [4.69, 9.17) is 0 Å². The van der Waals surface area contributed by atoms with Crippen LogP contribution in [-0.4, -0.2) is 38.3 Å². The van der Waals surface area contributed by atoms with Gasteiger partial charge in [-0.3, -0.25) is 14.2 Å². The van der Waals surface area contributed by atoms with E-state index in [-0.39, 0.29) is 5.91 Å². The van der Waals surface area contributed by atoms with Crippen LogP contribution < -0.4 is 0 Å². The molecule has 1 saturated heterocycles. The number of rotatable bonds is 3. The Hall–Kier alpha value is -3.47.